The minimum atomic E-state index is 1.08. The fourth-order valence-corrected chi connectivity index (χ4v) is 5.62. The molecule has 148 valence electrons. The Bertz CT molecular complexity index is 1540. The summed E-state index contributed by atoms with van der Waals surface area (Å²) < 4.78 is 3.72. The molecule has 0 unspecified atom stereocenters. The van der Waals surface area contributed by atoms with Gasteiger partial charge in [-0.05, 0) is 60.0 Å². The minimum absolute atomic E-state index is 1.08. The first-order valence-electron chi connectivity index (χ1n) is 10.2. The number of hydrogen-bond donors (Lipinski definition) is 0. The normalized spacial score (nSPS) is 11.4. The van der Waals surface area contributed by atoms with Crippen LogP contribution in [0.4, 0.5) is 17.1 Å². The van der Waals surface area contributed by atoms with Gasteiger partial charge in [0.15, 0.2) is 0 Å². The highest BCUT2D eigenvalue weighted by Gasteiger charge is 2.16. The van der Waals surface area contributed by atoms with Crippen molar-refractivity contribution in [2.45, 2.75) is 0 Å². The largest absolute Gasteiger partial charge is 0.310 e. The topological polar surface area (TPSA) is 3.24 Å². The molecule has 31 heavy (non-hydrogen) atoms. The molecule has 0 N–H and O–H groups in total. The molecule has 0 aliphatic rings. The Labute approximate surface area is 193 Å². The van der Waals surface area contributed by atoms with Gasteiger partial charge in [-0.25, -0.2) is 0 Å². The van der Waals surface area contributed by atoms with E-state index in [9.17, 15) is 0 Å². The Morgan fingerprint density at radius 3 is 2.10 bits per heavy atom. The molecule has 6 aromatic rings. The van der Waals surface area contributed by atoms with Gasteiger partial charge in [0.1, 0.15) is 0 Å². The Hall–Kier alpha value is -3.14. The molecule has 0 aliphatic carbocycles. The maximum atomic E-state index is 3.58. The zero-order valence-corrected chi connectivity index (χ0v) is 19.0. The highest BCUT2D eigenvalue weighted by molar-refractivity contribution is 9.10. The molecule has 0 saturated heterocycles. The van der Waals surface area contributed by atoms with E-state index in [0.29, 0.717) is 0 Å². The van der Waals surface area contributed by atoms with Crippen LogP contribution in [0.15, 0.2) is 114 Å². The number of halogens is 1. The summed E-state index contributed by atoms with van der Waals surface area (Å²) in [6.45, 7) is 0. The summed E-state index contributed by atoms with van der Waals surface area (Å²) in [7, 11) is 0. The number of hydrogen-bond acceptors (Lipinski definition) is 2. The number of rotatable bonds is 3. The van der Waals surface area contributed by atoms with Gasteiger partial charge in [-0.1, -0.05) is 70.5 Å². The molecule has 3 heteroatoms. The molecular weight excluding hydrogens is 462 g/mol. The molecule has 6 rings (SSSR count). The lowest BCUT2D eigenvalue weighted by Crippen LogP contribution is -2.10. The fourth-order valence-electron chi connectivity index (χ4n) is 4.27. The second-order valence-corrected chi connectivity index (χ2v) is 9.59. The minimum Gasteiger partial charge on any atom is -0.310 e. The van der Waals surface area contributed by atoms with Crippen LogP contribution in [0.1, 0.15) is 0 Å². The third-order valence-corrected chi connectivity index (χ3v) is 7.39. The Morgan fingerprint density at radius 1 is 0.548 bits per heavy atom. The first-order valence-corrected chi connectivity index (χ1v) is 11.8. The van der Waals surface area contributed by atoms with Gasteiger partial charge in [0.05, 0.1) is 5.69 Å². The smallest absolute Gasteiger partial charge is 0.0540 e. The molecule has 0 aliphatic heterocycles. The number of anilines is 3. The van der Waals surface area contributed by atoms with Gasteiger partial charge in [0.2, 0.25) is 0 Å². The lowest BCUT2D eigenvalue weighted by Gasteiger charge is -2.27. The van der Waals surface area contributed by atoms with E-state index in [2.05, 4.69) is 130 Å². The van der Waals surface area contributed by atoms with Crippen molar-refractivity contribution in [2.24, 2.45) is 0 Å². The number of benzene rings is 5. The van der Waals surface area contributed by atoms with Crippen LogP contribution in [0.2, 0.25) is 0 Å². The van der Waals surface area contributed by atoms with Gasteiger partial charge in [-0.15, -0.1) is 11.3 Å². The van der Waals surface area contributed by atoms with Crippen molar-refractivity contribution in [2.75, 3.05) is 4.90 Å². The van der Waals surface area contributed by atoms with Gasteiger partial charge < -0.3 is 4.90 Å². The van der Waals surface area contributed by atoms with Crippen LogP contribution < -0.4 is 4.90 Å². The van der Waals surface area contributed by atoms with Crippen molar-refractivity contribution >= 4 is 75.3 Å². The van der Waals surface area contributed by atoms with Crippen LogP contribution in [-0.4, -0.2) is 0 Å². The standard InChI is InChI=1S/C28H18BrNS/c29-20-12-14-21(15-13-20)30(26-10-5-7-19-6-1-2-8-23(19)26)22-16-17-28-25(18-22)24-9-3-4-11-27(24)31-28/h1-18H. The first-order chi connectivity index (χ1) is 15.3. The summed E-state index contributed by atoms with van der Waals surface area (Å²) >= 11 is 5.44. The Balaban J connectivity index is 1.64. The quantitative estimate of drug-likeness (QED) is 0.244. The first kappa shape index (κ1) is 18.6. The summed E-state index contributed by atoms with van der Waals surface area (Å²) in [6, 6.07) is 39.1. The second-order valence-electron chi connectivity index (χ2n) is 7.59. The fraction of sp³-hybridized carbons (Fsp3) is 0. The molecule has 0 fully saturated rings. The summed E-state index contributed by atoms with van der Waals surface area (Å²) in [5.74, 6) is 0. The van der Waals surface area contributed by atoms with E-state index in [0.717, 1.165) is 15.8 Å². The summed E-state index contributed by atoms with van der Waals surface area (Å²) in [5.41, 5.74) is 3.48. The average Bonchev–Trinajstić information content (AvgIpc) is 3.19. The van der Waals surface area contributed by atoms with E-state index in [1.807, 2.05) is 11.3 Å². The molecule has 0 saturated carbocycles. The predicted molar refractivity (Wildman–Crippen MR) is 139 cm³/mol. The average molecular weight is 480 g/mol. The number of fused-ring (bicyclic) bond motifs is 4. The second kappa shape index (κ2) is 7.52. The summed E-state index contributed by atoms with van der Waals surface area (Å²) in [5, 5.41) is 5.10. The molecular formula is C28H18BrNS. The van der Waals surface area contributed by atoms with Gasteiger partial charge in [-0.3, -0.25) is 0 Å². The van der Waals surface area contributed by atoms with Crippen molar-refractivity contribution in [3.63, 3.8) is 0 Å². The van der Waals surface area contributed by atoms with Gasteiger partial charge in [-0.2, -0.15) is 0 Å². The lowest BCUT2D eigenvalue weighted by atomic mass is 10.1. The highest BCUT2D eigenvalue weighted by atomic mass is 79.9. The van der Waals surface area contributed by atoms with Crippen LogP contribution in [0.3, 0.4) is 0 Å². The van der Waals surface area contributed by atoms with E-state index in [1.54, 1.807) is 0 Å². The van der Waals surface area contributed by atoms with Crippen molar-refractivity contribution in [3.05, 3.63) is 114 Å². The van der Waals surface area contributed by atoms with Crippen LogP contribution in [0.5, 0.6) is 0 Å². The Kier molecular flexibility index (Phi) is 4.52. The maximum Gasteiger partial charge on any atom is 0.0540 e. The van der Waals surface area contributed by atoms with Gasteiger partial charge in [0, 0.05) is 41.4 Å². The van der Waals surface area contributed by atoms with E-state index in [4.69, 9.17) is 0 Å². The van der Waals surface area contributed by atoms with Crippen molar-refractivity contribution in [1.29, 1.82) is 0 Å². The zero-order chi connectivity index (χ0) is 20.8. The van der Waals surface area contributed by atoms with Crippen molar-refractivity contribution in [1.82, 2.24) is 0 Å². The summed E-state index contributed by atoms with van der Waals surface area (Å²) in [4.78, 5) is 2.36. The van der Waals surface area contributed by atoms with Crippen LogP contribution in [0, 0.1) is 0 Å². The third kappa shape index (κ3) is 3.21. The van der Waals surface area contributed by atoms with Crippen molar-refractivity contribution in [3.8, 4) is 0 Å². The molecule has 0 spiro atoms. The molecule has 0 radical (unpaired) electrons. The van der Waals surface area contributed by atoms with E-state index >= 15 is 0 Å². The molecule has 0 bridgehead atoms. The molecule has 0 atom stereocenters. The van der Waals surface area contributed by atoms with E-state index in [-0.39, 0.29) is 0 Å². The number of nitrogens with zero attached hydrogens (tertiary/aromatic N) is 1. The SMILES string of the molecule is Brc1ccc(N(c2ccc3sc4ccccc4c3c2)c2cccc3ccccc23)cc1. The highest BCUT2D eigenvalue weighted by Crippen LogP contribution is 2.42. The number of thiophene rings is 1. The van der Waals surface area contributed by atoms with Crippen molar-refractivity contribution < 1.29 is 0 Å². The summed E-state index contributed by atoms with van der Waals surface area (Å²) in [6.07, 6.45) is 0. The maximum absolute atomic E-state index is 3.58. The molecule has 1 aromatic heterocycles. The van der Waals surface area contributed by atoms with E-state index < -0.39 is 0 Å². The zero-order valence-electron chi connectivity index (χ0n) is 16.6. The van der Waals surface area contributed by atoms with Gasteiger partial charge in [0.25, 0.3) is 0 Å². The molecule has 5 aromatic carbocycles. The van der Waals surface area contributed by atoms with Crippen LogP contribution in [-0.2, 0) is 0 Å². The predicted octanol–water partition coefficient (Wildman–Crippen LogP) is 9.44. The molecule has 1 heterocycles. The lowest BCUT2D eigenvalue weighted by molar-refractivity contribution is 1.30. The van der Waals surface area contributed by atoms with E-state index in [1.165, 1.54) is 36.6 Å². The van der Waals surface area contributed by atoms with Crippen LogP contribution >= 0.6 is 27.3 Å². The van der Waals surface area contributed by atoms with Gasteiger partial charge >= 0.3 is 0 Å². The third-order valence-electron chi connectivity index (χ3n) is 5.71. The monoisotopic (exact) mass is 479 g/mol. The van der Waals surface area contributed by atoms with Crippen LogP contribution in [0.25, 0.3) is 30.9 Å². The molecule has 1 nitrogen and oxygen atoms in total. The Morgan fingerprint density at radius 2 is 1.23 bits per heavy atom. The molecule has 0 amide bonds.